The molecule has 1 heterocycles. The summed E-state index contributed by atoms with van der Waals surface area (Å²) in [5, 5.41) is 6.33. The predicted molar refractivity (Wildman–Crippen MR) is 62.7 cm³/mol. The Morgan fingerprint density at radius 2 is 2.53 bits per heavy atom. The summed E-state index contributed by atoms with van der Waals surface area (Å²) in [7, 11) is 0. The van der Waals surface area contributed by atoms with Crippen molar-refractivity contribution in [2.24, 2.45) is 0 Å². The monoisotopic (exact) mass is 210 g/mol. The van der Waals surface area contributed by atoms with E-state index >= 15 is 0 Å². The molecule has 0 aromatic heterocycles. The molecule has 0 spiro atoms. The zero-order valence-corrected chi connectivity index (χ0v) is 9.59. The van der Waals surface area contributed by atoms with Crippen LogP contribution in [-0.2, 0) is 4.79 Å². The lowest BCUT2D eigenvalue weighted by Crippen LogP contribution is -2.51. The van der Waals surface area contributed by atoms with E-state index in [9.17, 15) is 4.79 Å². The lowest BCUT2D eigenvalue weighted by molar-refractivity contribution is -0.124. The number of hydrogen-bond donors (Lipinski definition) is 2. The lowest BCUT2D eigenvalue weighted by atomic mass is 10.0. The van der Waals surface area contributed by atoms with Crippen molar-refractivity contribution in [3.8, 4) is 0 Å². The number of piperidine rings is 1. The van der Waals surface area contributed by atoms with Gasteiger partial charge in [-0.15, -0.1) is 6.58 Å². The van der Waals surface area contributed by atoms with Gasteiger partial charge in [0.2, 0.25) is 5.91 Å². The maximum absolute atomic E-state index is 11.5. The molecule has 1 rings (SSSR count). The zero-order chi connectivity index (χ0) is 11.1. The van der Waals surface area contributed by atoms with Gasteiger partial charge in [-0.05, 0) is 32.1 Å². The Morgan fingerprint density at radius 3 is 3.13 bits per heavy atom. The van der Waals surface area contributed by atoms with E-state index in [0.717, 1.165) is 38.6 Å². The fourth-order valence-electron chi connectivity index (χ4n) is 1.94. The molecule has 2 N–H and O–H groups in total. The van der Waals surface area contributed by atoms with Gasteiger partial charge in [0, 0.05) is 12.6 Å². The van der Waals surface area contributed by atoms with Gasteiger partial charge in [0.15, 0.2) is 0 Å². The van der Waals surface area contributed by atoms with Crippen LogP contribution in [0.2, 0.25) is 0 Å². The van der Waals surface area contributed by atoms with Crippen LogP contribution < -0.4 is 10.6 Å². The molecule has 1 amide bonds. The van der Waals surface area contributed by atoms with Crippen LogP contribution in [0.5, 0.6) is 0 Å². The molecule has 0 radical (unpaired) electrons. The quantitative estimate of drug-likeness (QED) is 0.654. The summed E-state index contributed by atoms with van der Waals surface area (Å²) in [6, 6.07) is 0.463. The molecule has 1 aliphatic rings. The molecule has 0 aromatic rings. The SMILES string of the molecule is C=CCC[C@@H](CC)N[C@H]1CCCNC1=O. The summed E-state index contributed by atoms with van der Waals surface area (Å²) < 4.78 is 0. The number of carbonyl (C=O) groups excluding carboxylic acids is 1. The minimum absolute atomic E-state index is 0.0218. The van der Waals surface area contributed by atoms with Crippen LogP contribution in [0, 0.1) is 0 Å². The third-order valence-corrected chi connectivity index (χ3v) is 2.93. The van der Waals surface area contributed by atoms with Crippen LogP contribution >= 0.6 is 0 Å². The van der Waals surface area contributed by atoms with Gasteiger partial charge >= 0.3 is 0 Å². The molecule has 15 heavy (non-hydrogen) atoms. The minimum atomic E-state index is 0.0218. The van der Waals surface area contributed by atoms with Crippen molar-refractivity contribution < 1.29 is 4.79 Å². The molecule has 3 nitrogen and oxygen atoms in total. The highest BCUT2D eigenvalue weighted by atomic mass is 16.2. The largest absolute Gasteiger partial charge is 0.355 e. The third kappa shape index (κ3) is 4.04. The maximum atomic E-state index is 11.5. The van der Waals surface area contributed by atoms with Crippen LogP contribution in [-0.4, -0.2) is 24.5 Å². The summed E-state index contributed by atoms with van der Waals surface area (Å²) in [5.74, 6) is 0.165. The second-order valence-corrected chi connectivity index (χ2v) is 4.12. The van der Waals surface area contributed by atoms with E-state index in [0.29, 0.717) is 6.04 Å². The maximum Gasteiger partial charge on any atom is 0.237 e. The number of nitrogens with one attached hydrogen (secondary N) is 2. The normalized spacial score (nSPS) is 23.3. The molecule has 1 saturated heterocycles. The molecule has 0 aromatic carbocycles. The van der Waals surface area contributed by atoms with Gasteiger partial charge in [0.25, 0.3) is 0 Å². The third-order valence-electron chi connectivity index (χ3n) is 2.93. The van der Waals surface area contributed by atoms with E-state index in [4.69, 9.17) is 0 Å². The molecule has 2 atom stereocenters. The standard InChI is InChI=1S/C12H22N2O/c1-3-5-7-10(4-2)14-11-8-6-9-13-12(11)15/h3,10-11,14H,1,4-9H2,2H3,(H,13,15)/t10-,11+/m1/s1. The van der Waals surface area contributed by atoms with E-state index < -0.39 is 0 Å². The average molecular weight is 210 g/mol. The fraction of sp³-hybridized carbons (Fsp3) is 0.750. The van der Waals surface area contributed by atoms with E-state index in [2.05, 4.69) is 24.1 Å². The Kier molecular flexibility index (Phi) is 5.40. The summed E-state index contributed by atoms with van der Waals surface area (Å²) >= 11 is 0. The van der Waals surface area contributed by atoms with Crippen LogP contribution in [0.1, 0.15) is 39.0 Å². The van der Waals surface area contributed by atoms with E-state index in [-0.39, 0.29) is 11.9 Å². The summed E-state index contributed by atoms with van der Waals surface area (Å²) in [5.41, 5.74) is 0. The molecule has 0 aliphatic carbocycles. The topological polar surface area (TPSA) is 41.1 Å². The van der Waals surface area contributed by atoms with Gasteiger partial charge < -0.3 is 10.6 Å². The first-order valence-corrected chi connectivity index (χ1v) is 5.92. The molecule has 0 unspecified atom stereocenters. The van der Waals surface area contributed by atoms with Crippen molar-refractivity contribution in [2.45, 2.75) is 51.1 Å². The Morgan fingerprint density at radius 1 is 1.73 bits per heavy atom. The highest BCUT2D eigenvalue weighted by Crippen LogP contribution is 2.08. The molecule has 0 bridgehead atoms. The smallest absolute Gasteiger partial charge is 0.237 e. The number of hydrogen-bond acceptors (Lipinski definition) is 2. The van der Waals surface area contributed by atoms with E-state index in [1.54, 1.807) is 0 Å². The Labute approximate surface area is 92.3 Å². The van der Waals surface area contributed by atoms with Crippen LogP contribution in [0.15, 0.2) is 12.7 Å². The predicted octanol–water partition coefficient (Wildman–Crippen LogP) is 1.60. The Balaban J connectivity index is 2.35. The molecule has 0 saturated carbocycles. The molecule has 86 valence electrons. The molecule has 3 heteroatoms. The van der Waals surface area contributed by atoms with Crippen molar-refractivity contribution >= 4 is 5.91 Å². The van der Waals surface area contributed by atoms with Gasteiger partial charge in [-0.3, -0.25) is 4.79 Å². The molecular weight excluding hydrogens is 188 g/mol. The van der Waals surface area contributed by atoms with Crippen molar-refractivity contribution in [3.05, 3.63) is 12.7 Å². The fourth-order valence-corrected chi connectivity index (χ4v) is 1.94. The molecule has 1 fully saturated rings. The van der Waals surface area contributed by atoms with E-state index in [1.807, 2.05) is 6.08 Å². The first-order valence-electron chi connectivity index (χ1n) is 5.92. The minimum Gasteiger partial charge on any atom is -0.355 e. The average Bonchev–Trinajstić information content (AvgIpc) is 2.26. The van der Waals surface area contributed by atoms with Crippen LogP contribution in [0.3, 0.4) is 0 Å². The summed E-state index contributed by atoms with van der Waals surface area (Å²) in [4.78, 5) is 11.5. The zero-order valence-electron chi connectivity index (χ0n) is 9.59. The Hall–Kier alpha value is -0.830. The van der Waals surface area contributed by atoms with Crippen molar-refractivity contribution in [1.82, 2.24) is 10.6 Å². The lowest BCUT2D eigenvalue weighted by Gasteiger charge is -2.27. The summed E-state index contributed by atoms with van der Waals surface area (Å²) in [6.07, 6.45) is 7.14. The van der Waals surface area contributed by atoms with Crippen molar-refractivity contribution in [3.63, 3.8) is 0 Å². The summed E-state index contributed by atoms with van der Waals surface area (Å²) in [6.45, 7) is 6.71. The number of amides is 1. The van der Waals surface area contributed by atoms with Gasteiger partial charge in [0.05, 0.1) is 6.04 Å². The Bertz CT molecular complexity index is 216. The van der Waals surface area contributed by atoms with Crippen LogP contribution in [0.25, 0.3) is 0 Å². The van der Waals surface area contributed by atoms with Crippen LogP contribution in [0.4, 0.5) is 0 Å². The van der Waals surface area contributed by atoms with Crippen molar-refractivity contribution in [1.29, 1.82) is 0 Å². The number of allylic oxidation sites excluding steroid dienone is 1. The molecular formula is C12H22N2O. The van der Waals surface area contributed by atoms with Gasteiger partial charge in [0.1, 0.15) is 0 Å². The highest BCUT2D eigenvalue weighted by molar-refractivity contribution is 5.82. The van der Waals surface area contributed by atoms with Crippen molar-refractivity contribution in [2.75, 3.05) is 6.54 Å². The molecule has 1 aliphatic heterocycles. The number of rotatable bonds is 6. The van der Waals surface area contributed by atoms with E-state index in [1.165, 1.54) is 0 Å². The van der Waals surface area contributed by atoms with Gasteiger partial charge in [-0.25, -0.2) is 0 Å². The first-order chi connectivity index (χ1) is 7.27. The second-order valence-electron chi connectivity index (χ2n) is 4.12. The second kappa shape index (κ2) is 6.62. The highest BCUT2D eigenvalue weighted by Gasteiger charge is 2.23. The van der Waals surface area contributed by atoms with Gasteiger partial charge in [-0.2, -0.15) is 0 Å². The van der Waals surface area contributed by atoms with Gasteiger partial charge in [-0.1, -0.05) is 13.0 Å². The first kappa shape index (κ1) is 12.2. The number of carbonyl (C=O) groups is 1.